The lowest BCUT2D eigenvalue weighted by molar-refractivity contribution is -0.129. The van der Waals surface area contributed by atoms with Gasteiger partial charge in [-0.3, -0.25) is 14.6 Å². The lowest BCUT2D eigenvalue weighted by Crippen LogP contribution is -2.48. The highest BCUT2D eigenvalue weighted by Gasteiger charge is 2.57. The van der Waals surface area contributed by atoms with Crippen LogP contribution in [0.4, 0.5) is 0 Å². The molecule has 180 valence electrons. The summed E-state index contributed by atoms with van der Waals surface area (Å²) in [5.41, 5.74) is 1.62. The standard InChI is InChI=1S/C28H40N2O3/c1-18(31)25-6-4-5-15-30(29-25)17-26(32)24-10-9-23-22-8-7-19-16-27(2,33)13-11-20(19)21(22)12-14-28(23,24)3/h5,7,15,20-24,33H,4,6,8-14,16-17H2,1-3H3/t20-,21+,22+,23-,24+,27?,28-/m0/s1. The first-order valence-electron chi connectivity index (χ1n) is 13.1. The summed E-state index contributed by atoms with van der Waals surface area (Å²) < 4.78 is 0. The Labute approximate surface area is 198 Å². The Hall–Kier alpha value is -1.75. The van der Waals surface area contributed by atoms with Gasteiger partial charge in [0.2, 0.25) is 0 Å². The van der Waals surface area contributed by atoms with E-state index in [9.17, 15) is 14.7 Å². The van der Waals surface area contributed by atoms with Crippen molar-refractivity contribution in [3.05, 3.63) is 23.9 Å². The van der Waals surface area contributed by atoms with Crippen LogP contribution < -0.4 is 0 Å². The molecular formula is C28H40N2O3. The van der Waals surface area contributed by atoms with Gasteiger partial charge in [-0.05, 0) is 100 Å². The summed E-state index contributed by atoms with van der Waals surface area (Å²) in [6.45, 7) is 6.21. The van der Waals surface area contributed by atoms with Crippen molar-refractivity contribution in [3.8, 4) is 0 Å². The molecule has 1 heterocycles. The molecule has 0 radical (unpaired) electrons. The van der Waals surface area contributed by atoms with E-state index in [1.807, 2.05) is 19.2 Å². The minimum Gasteiger partial charge on any atom is -0.390 e. The SMILES string of the molecule is CC(=O)C1=NN(CC(=O)[C@H]2CC[C@H]3[C@@H]4CC=C5CC(C)(O)CC[C@@H]5[C@H]4CC[C@]23C)C=CCC1. The van der Waals surface area contributed by atoms with E-state index < -0.39 is 5.60 Å². The topological polar surface area (TPSA) is 70.0 Å². The molecule has 4 aliphatic carbocycles. The summed E-state index contributed by atoms with van der Waals surface area (Å²) in [5, 5.41) is 16.8. The Morgan fingerprint density at radius 2 is 1.97 bits per heavy atom. The molecule has 5 rings (SSSR count). The number of rotatable bonds is 4. The number of ketones is 2. The molecule has 3 saturated carbocycles. The van der Waals surface area contributed by atoms with Crippen molar-refractivity contribution >= 4 is 17.3 Å². The Morgan fingerprint density at radius 1 is 1.15 bits per heavy atom. The van der Waals surface area contributed by atoms with Gasteiger partial charge in [-0.2, -0.15) is 5.10 Å². The number of hydrogen-bond acceptors (Lipinski definition) is 5. The van der Waals surface area contributed by atoms with Gasteiger partial charge in [0.1, 0.15) is 5.71 Å². The van der Waals surface area contributed by atoms with Gasteiger partial charge in [0, 0.05) is 19.0 Å². The highest BCUT2D eigenvalue weighted by atomic mass is 16.3. The highest BCUT2D eigenvalue weighted by Crippen LogP contribution is 2.63. The van der Waals surface area contributed by atoms with Crippen LogP contribution in [0.1, 0.15) is 85.0 Å². The quantitative estimate of drug-likeness (QED) is 0.606. The van der Waals surface area contributed by atoms with Crippen LogP contribution >= 0.6 is 0 Å². The predicted octanol–water partition coefficient (Wildman–Crippen LogP) is 5.05. The van der Waals surface area contributed by atoms with Gasteiger partial charge in [0.05, 0.1) is 12.1 Å². The molecule has 0 aromatic carbocycles. The van der Waals surface area contributed by atoms with Crippen LogP contribution in [0.2, 0.25) is 0 Å². The Kier molecular flexibility index (Phi) is 5.91. The van der Waals surface area contributed by atoms with E-state index >= 15 is 0 Å². The molecule has 5 nitrogen and oxygen atoms in total. The molecule has 0 saturated heterocycles. The van der Waals surface area contributed by atoms with Crippen LogP contribution in [-0.2, 0) is 9.59 Å². The van der Waals surface area contributed by atoms with Crippen molar-refractivity contribution in [2.75, 3.05) is 6.54 Å². The average Bonchev–Trinajstić information content (AvgIpc) is 2.94. The molecule has 1 unspecified atom stereocenters. The second kappa shape index (κ2) is 8.48. The van der Waals surface area contributed by atoms with Crippen molar-refractivity contribution in [1.82, 2.24) is 5.01 Å². The number of fused-ring (bicyclic) bond motifs is 5. The summed E-state index contributed by atoms with van der Waals surface area (Å²) in [6, 6.07) is 0. The lowest BCUT2D eigenvalue weighted by Gasteiger charge is -2.54. The molecule has 7 atom stereocenters. The van der Waals surface area contributed by atoms with Gasteiger partial charge in [-0.1, -0.05) is 24.6 Å². The van der Waals surface area contributed by atoms with Gasteiger partial charge >= 0.3 is 0 Å². The normalized spacial score (nSPS) is 42.4. The minimum absolute atomic E-state index is 0.00342. The largest absolute Gasteiger partial charge is 0.390 e. The Balaban J connectivity index is 1.31. The third kappa shape index (κ3) is 4.15. The first kappa shape index (κ1) is 23.0. The highest BCUT2D eigenvalue weighted by molar-refractivity contribution is 6.38. The fourth-order valence-corrected chi connectivity index (χ4v) is 8.25. The summed E-state index contributed by atoms with van der Waals surface area (Å²) >= 11 is 0. The van der Waals surface area contributed by atoms with Crippen molar-refractivity contribution in [2.24, 2.45) is 40.1 Å². The Bertz CT molecular complexity index is 916. The second-order valence-corrected chi connectivity index (χ2v) is 12.0. The maximum atomic E-state index is 13.6. The summed E-state index contributed by atoms with van der Waals surface area (Å²) in [5.74, 6) is 3.04. The molecule has 0 bridgehead atoms. The molecule has 3 fully saturated rings. The van der Waals surface area contributed by atoms with E-state index in [0.29, 0.717) is 29.9 Å². The van der Waals surface area contributed by atoms with Crippen LogP contribution in [0.25, 0.3) is 0 Å². The molecule has 1 aliphatic heterocycles. The number of allylic oxidation sites excluding steroid dienone is 2. The monoisotopic (exact) mass is 452 g/mol. The molecule has 0 amide bonds. The lowest BCUT2D eigenvalue weighted by atomic mass is 9.51. The van der Waals surface area contributed by atoms with E-state index in [1.165, 1.54) is 12.0 Å². The number of nitrogens with zero attached hydrogens (tertiary/aromatic N) is 2. The Morgan fingerprint density at radius 3 is 2.76 bits per heavy atom. The van der Waals surface area contributed by atoms with E-state index in [-0.39, 0.29) is 29.4 Å². The molecule has 1 N–H and O–H groups in total. The number of hydrogen-bond donors (Lipinski definition) is 1. The van der Waals surface area contributed by atoms with Crippen molar-refractivity contribution < 1.29 is 14.7 Å². The van der Waals surface area contributed by atoms with Crippen LogP contribution in [0.3, 0.4) is 0 Å². The zero-order valence-electron chi connectivity index (χ0n) is 20.6. The molecule has 0 spiro atoms. The van der Waals surface area contributed by atoms with Crippen molar-refractivity contribution in [3.63, 3.8) is 0 Å². The van der Waals surface area contributed by atoms with Gasteiger partial charge in [-0.25, -0.2) is 0 Å². The second-order valence-electron chi connectivity index (χ2n) is 12.0. The van der Waals surface area contributed by atoms with E-state index in [2.05, 4.69) is 18.1 Å². The van der Waals surface area contributed by atoms with Crippen molar-refractivity contribution in [2.45, 2.75) is 90.6 Å². The van der Waals surface area contributed by atoms with E-state index in [1.54, 1.807) is 11.9 Å². The molecule has 5 aliphatic rings. The number of carbonyl (C=O) groups excluding carboxylic acids is 2. The van der Waals surface area contributed by atoms with Crippen LogP contribution in [-0.4, -0.2) is 39.5 Å². The third-order valence-corrected chi connectivity index (χ3v) is 9.90. The van der Waals surface area contributed by atoms with Crippen LogP contribution in [0, 0.1) is 35.0 Å². The molecule has 0 aromatic heterocycles. The average molecular weight is 453 g/mol. The fourth-order valence-electron chi connectivity index (χ4n) is 8.25. The van der Waals surface area contributed by atoms with E-state index in [4.69, 9.17) is 0 Å². The summed E-state index contributed by atoms with van der Waals surface area (Å²) in [4.78, 5) is 25.4. The first-order valence-corrected chi connectivity index (χ1v) is 13.1. The van der Waals surface area contributed by atoms with Crippen molar-refractivity contribution in [1.29, 1.82) is 0 Å². The zero-order valence-corrected chi connectivity index (χ0v) is 20.6. The number of hydrazone groups is 1. The maximum absolute atomic E-state index is 13.6. The van der Waals surface area contributed by atoms with Crippen LogP contribution in [0.15, 0.2) is 29.0 Å². The maximum Gasteiger partial charge on any atom is 0.175 e. The number of Topliss-reactive ketones (excluding diaryl/α,β-unsaturated/α-hetero) is 2. The van der Waals surface area contributed by atoms with Gasteiger partial charge in [0.15, 0.2) is 11.6 Å². The number of aliphatic hydroxyl groups is 1. The predicted molar refractivity (Wildman–Crippen MR) is 129 cm³/mol. The number of carbonyl (C=O) groups is 2. The summed E-state index contributed by atoms with van der Waals surface area (Å²) in [6.07, 6.45) is 16.3. The smallest absolute Gasteiger partial charge is 0.175 e. The molecule has 5 heteroatoms. The first-order chi connectivity index (χ1) is 15.7. The fraction of sp³-hybridized carbons (Fsp3) is 0.750. The van der Waals surface area contributed by atoms with Crippen LogP contribution in [0.5, 0.6) is 0 Å². The van der Waals surface area contributed by atoms with E-state index in [0.717, 1.165) is 57.3 Å². The van der Waals surface area contributed by atoms with Gasteiger partial charge < -0.3 is 5.11 Å². The van der Waals surface area contributed by atoms with Gasteiger partial charge in [-0.15, -0.1) is 0 Å². The summed E-state index contributed by atoms with van der Waals surface area (Å²) in [7, 11) is 0. The minimum atomic E-state index is -0.532. The third-order valence-electron chi connectivity index (χ3n) is 9.90. The molecule has 0 aromatic rings. The zero-order chi connectivity index (χ0) is 23.4. The molecular weight excluding hydrogens is 412 g/mol. The van der Waals surface area contributed by atoms with Gasteiger partial charge in [0.25, 0.3) is 0 Å². The molecule has 33 heavy (non-hydrogen) atoms.